The Hall–Kier alpha value is -2.58. The van der Waals surface area contributed by atoms with E-state index in [2.05, 4.69) is 10.3 Å². The molecular weight excluding hydrogens is 368 g/mol. The van der Waals surface area contributed by atoms with Gasteiger partial charge in [0, 0.05) is 32.2 Å². The molecule has 0 saturated carbocycles. The van der Waals surface area contributed by atoms with Gasteiger partial charge in [-0.1, -0.05) is 29.8 Å². The van der Waals surface area contributed by atoms with Crippen LogP contribution in [0, 0.1) is 0 Å². The Morgan fingerprint density at radius 2 is 1.85 bits per heavy atom. The molecule has 2 aromatic heterocycles. The number of hydrogen-bond acceptors (Lipinski definition) is 5. The van der Waals surface area contributed by atoms with Crippen molar-refractivity contribution in [2.45, 2.75) is 6.54 Å². The Kier molecular flexibility index (Phi) is 5.38. The molecule has 0 atom stereocenters. The minimum Gasteiger partial charge on any atom is -0.354 e. The van der Waals surface area contributed by atoms with Crippen molar-refractivity contribution in [2.75, 3.05) is 32.5 Å². The third kappa shape index (κ3) is 3.63. The van der Waals surface area contributed by atoms with E-state index in [4.69, 9.17) is 11.6 Å². The number of aromatic nitrogens is 4. The van der Waals surface area contributed by atoms with Crippen molar-refractivity contribution in [2.24, 2.45) is 14.1 Å². The summed E-state index contributed by atoms with van der Waals surface area (Å²) in [4.78, 5) is 31.7. The Labute approximate surface area is 161 Å². The van der Waals surface area contributed by atoms with E-state index < -0.39 is 5.69 Å². The molecule has 0 bridgehead atoms. The van der Waals surface area contributed by atoms with Crippen LogP contribution in [0.25, 0.3) is 11.2 Å². The monoisotopic (exact) mass is 390 g/mol. The number of benzene rings is 1. The molecular formula is C18H23ClN6O2. The summed E-state index contributed by atoms with van der Waals surface area (Å²) in [5.41, 5.74) is 0.794. The predicted molar refractivity (Wildman–Crippen MR) is 108 cm³/mol. The maximum Gasteiger partial charge on any atom is 0.332 e. The van der Waals surface area contributed by atoms with Crippen molar-refractivity contribution in [1.29, 1.82) is 0 Å². The summed E-state index contributed by atoms with van der Waals surface area (Å²) in [7, 11) is 7.04. The molecule has 0 aliphatic carbocycles. The zero-order valence-corrected chi connectivity index (χ0v) is 16.6. The molecule has 9 heteroatoms. The first-order valence-electron chi connectivity index (χ1n) is 8.59. The van der Waals surface area contributed by atoms with Gasteiger partial charge in [-0.3, -0.25) is 18.5 Å². The van der Waals surface area contributed by atoms with Crippen LogP contribution in [0.1, 0.15) is 5.56 Å². The van der Waals surface area contributed by atoms with Gasteiger partial charge >= 0.3 is 5.69 Å². The van der Waals surface area contributed by atoms with Crippen LogP contribution in [-0.2, 0) is 20.6 Å². The van der Waals surface area contributed by atoms with Crippen LogP contribution < -0.4 is 16.6 Å². The van der Waals surface area contributed by atoms with Crippen LogP contribution in [0.3, 0.4) is 0 Å². The maximum absolute atomic E-state index is 12.8. The summed E-state index contributed by atoms with van der Waals surface area (Å²) in [6, 6.07) is 7.47. The molecule has 0 aliphatic heterocycles. The maximum atomic E-state index is 12.8. The first-order chi connectivity index (χ1) is 12.8. The van der Waals surface area contributed by atoms with Gasteiger partial charge in [-0.15, -0.1) is 0 Å². The normalized spacial score (nSPS) is 11.5. The summed E-state index contributed by atoms with van der Waals surface area (Å²) < 4.78 is 4.27. The molecule has 0 aliphatic rings. The van der Waals surface area contributed by atoms with Crippen molar-refractivity contribution >= 4 is 28.7 Å². The third-order valence-electron chi connectivity index (χ3n) is 4.48. The van der Waals surface area contributed by atoms with E-state index >= 15 is 0 Å². The number of imidazole rings is 1. The lowest BCUT2D eigenvalue weighted by Crippen LogP contribution is -2.37. The first kappa shape index (κ1) is 19.2. The van der Waals surface area contributed by atoms with E-state index in [-0.39, 0.29) is 5.56 Å². The minimum absolute atomic E-state index is 0.350. The van der Waals surface area contributed by atoms with Gasteiger partial charge in [0.05, 0.1) is 6.54 Å². The molecule has 0 amide bonds. The fraction of sp³-hybridized carbons (Fsp3) is 0.389. The van der Waals surface area contributed by atoms with Crippen LogP contribution in [0.4, 0.5) is 5.95 Å². The minimum atomic E-state index is -0.408. The zero-order valence-electron chi connectivity index (χ0n) is 15.9. The average Bonchev–Trinajstić information content (AvgIpc) is 2.98. The number of rotatable bonds is 6. The van der Waals surface area contributed by atoms with Crippen LogP contribution >= 0.6 is 11.6 Å². The Balaban J connectivity index is 2.19. The van der Waals surface area contributed by atoms with E-state index in [1.165, 1.54) is 11.6 Å². The topological polar surface area (TPSA) is 77.1 Å². The van der Waals surface area contributed by atoms with Gasteiger partial charge in [0.15, 0.2) is 11.2 Å². The zero-order chi connectivity index (χ0) is 19.7. The fourth-order valence-corrected chi connectivity index (χ4v) is 3.12. The molecule has 3 rings (SSSR count). The highest BCUT2D eigenvalue weighted by Crippen LogP contribution is 2.21. The van der Waals surface area contributed by atoms with Crippen LogP contribution in [-0.4, -0.2) is 50.8 Å². The number of hydrogen-bond donors (Lipinski definition) is 1. The highest BCUT2D eigenvalue weighted by molar-refractivity contribution is 6.31. The SMILES string of the molecule is CN(C)CCNc1nc2c(c(=O)n(C)c(=O)n2C)n1Cc1ccccc1Cl. The highest BCUT2D eigenvalue weighted by Gasteiger charge is 2.19. The summed E-state index contributed by atoms with van der Waals surface area (Å²) in [6.45, 7) is 1.81. The van der Waals surface area contributed by atoms with Crippen LogP contribution in [0.2, 0.25) is 5.02 Å². The predicted octanol–water partition coefficient (Wildman–Crippen LogP) is 1.11. The molecule has 0 unspecified atom stereocenters. The molecule has 0 radical (unpaired) electrons. The number of nitrogens with one attached hydrogen (secondary N) is 1. The van der Waals surface area contributed by atoms with Crippen LogP contribution in [0.15, 0.2) is 33.9 Å². The molecule has 1 aromatic carbocycles. The van der Waals surface area contributed by atoms with Gasteiger partial charge in [0.1, 0.15) is 0 Å². The Bertz CT molecular complexity index is 1100. The second kappa shape index (κ2) is 7.58. The van der Waals surface area contributed by atoms with Crippen LogP contribution in [0.5, 0.6) is 0 Å². The number of fused-ring (bicyclic) bond motifs is 1. The van der Waals surface area contributed by atoms with Crippen molar-refractivity contribution in [3.05, 3.63) is 55.7 Å². The number of likely N-dealkylation sites (N-methyl/N-ethyl adjacent to an activating group) is 1. The summed E-state index contributed by atoms with van der Waals surface area (Å²) in [5.74, 6) is 0.532. The molecule has 27 heavy (non-hydrogen) atoms. The molecule has 8 nitrogen and oxygen atoms in total. The van der Waals surface area contributed by atoms with E-state index in [0.717, 1.165) is 16.7 Å². The lowest BCUT2D eigenvalue weighted by molar-refractivity contribution is 0.424. The van der Waals surface area contributed by atoms with E-state index in [0.29, 0.717) is 35.2 Å². The van der Waals surface area contributed by atoms with Crippen molar-refractivity contribution < 1.29 is 0 Å². The molecule has 0 spiro atoms. The second-order valence-electron chi connectivity index (χ2n) is 6.72. The summed E-state index contributed by atoms with van der Waals surface area (Å²) >= 11 is 6.32. The molecule has 1 N–H and O–H groups in total. The molecule has 0 fully saturated rings. The largest absolute Gasteiger partial charge is 0.354 e. The standard InChI is InChI=1S/C18H23ClN6O2/c1-22(2)10-9-20-17-21-15-14(16(26)24(4)18(27)23(15)3)25(17)11-12-7-5-6-8-13(12)19/h5-8H,9-11H2,1-4H3,(H,20,21). The van der Waals surface area contributed by atoms with Crippen molar-refractivity contribution in [3.8, 4) is 0 Å². The first-order valence-corrected chi connectivity index (χ1v) is 8.97. The molecule has 2 heterocycles. The van der Waals surface area contributed by atoms with Gasteiger partial charge in [0.2, 0.25) is 5.95 Å². The summed E-state index contributed by atoms with van der Waals surface area (Å²) in [5, 5.41) is 3.88. The van der Waals surface area contributed by atoms with Crippen molar-refractivity contribution in [3.63, 3.8) is 0 Å². The van der Waals surface area contributed by atoms with Gasteiger partial charge in [-0.05, 0) is 25.7 Å². The Morgan fingerprint density at radius 1 is 1.15 bits per heavy atom. The van der Waals surface area contributed by atoms with Gasteiger partial charge in [-0.25, -0.2) is 4.79 Å². The van der Waals surface area contributed by atoms with E-state index in [1.54, 1.807) is 11.6 Å². The smallest absolute Gasteiger partial charge is 0.332 e. The number of anilines is 1. The molecule has 3 aromatic rings. The van der Waals surface area contributed by atoms with Gasteiger partial charge in [-0.2, -0.15) is 4.98 Å². The number of aryl methyl sites for hydroxylation is 1. The van der Waals surface area contributed by atoms with E-state index in [1.807, 2.05) is 43.3 Å². The Morgan fingerprint density at radius 3 is 2.52 bits per heavy atom. The summed E-state index contributed by atoms with van der Waals surface area (Å²) in [6.07, 6.45) is 0. The van der Waals surface area contributed by atoms with Gasteiger partial charge < -0.3 is 10.2 Å². The quantitative estimate of drug-likeness (QED) is 0.682. The lowest BCUT2D eigenvalue weighted by atomic mass is 10.2. The number of nitrogens with zero attached hydrogens (tertiary/aromatic N) is 5. The third-order valence-corrected chi connectivity index (χ3v) is 4.85. The highest BCUT2D eigenvalue weighted by atomic mass is 35.5. The molecule has 144 valence electrons. The second-order valence-corrected chi connectivity index (χ2v) is 7.13. The van der Waals surface area contributed by atoms with Crippen molar-refractivity contribution in [1.82, 2.24) is 23.6 Å². The average molecular weight is 391 g/mol. The lowest BCUT2D eigenvalue weighted by Gasteiger charge is -2.14. The fourth-order valence-electron chi connectivity index (χ4n) is 2.92. The molecule has 0 saturated heterocycles. The van der Waals surface area contributed by atoms with Gasteiger partial charge in [0.25, 0.3) is 5.56 Å². The van der Waals surface area contributed by atoms with E-state index in [9.17, 15) is 9.59 Å². The number of halogens is 1.